The summed E-state index contributed by atoms with van der Waals surface area (Å²) in [7, 11) is -3.70. The van der Waals surface area contributed by atoms with E-state index in [9.17, 15) is 17.6 Å². The van der Waals surface area contributed by atoms with Crippen molar-refractivity contribution in [2.75, 3.05) is 13.1 Å². The van der Waals surface area contributed by atoms with E-state index in [4.69, 9.17) is 0 Å². The molecular weight excluding hydrogens is 343 g/mol. The van der Waals surface area contributed by atoms with E-state index in [0.29, 0.717) is 19.4 Å². The first-order valence-corrected chi connectivity index (χ1v) is 10.3. The number of hydrogen-bond donors (Lipinski definition) is 1. The fourth-order valence-corrected chi connectivity index (χ4v) is 5.33. The van der Waals surface area contributed by atoms with Gasteiger partial charge in [-0.3, -0.25) is 4.79 Å². The first-order valence-electron chi connectivity index (χ1n) is 8.88. The van der Waals surface area contributed by atoms with Crippen LogP contribution in [-0.2, 0) is 14.8 Å². The molecule has 1 amide bonds. The van der Waals surface area contributed by atoms with Crippen LogP contribution in [0.3, 0.4) is 0 Å². The number of benzene rings is 1. The number of nitrogens with one attached hydrogen (secondary N) is 1. The Morgan fingerprint density at radius 3 is 2.48 bits per heavy atom. The Bertz CT molecular complexity index is 727. The predicted octanol–water partition coefficient (Wildman–Crippen LogP) is 2.68. The van der Waals surface area contributed by atoms with Gasteiger partial charge in [0.25, 0.3) is 0 Å². The molecular formula is C18H25FN2O3S. The molecule has 138 valence electrons. The molecule has 1 unspecified atom stereocenters. The molecule has 1 saturated carbocycles. The first kappa shape index (κ1) is 18.3. The second-order valence-electron chi connectivity index (χ2n) is 7.41. The second-order valence-corrected chi connectivity index (χ2v) is 9.35. The number of amides is 1. The normalized spacial score (nSPS) is 24.2. The zero-order valence-corrected chi connectivity index (χ0v) is 15.3. The van der Waals surface area contributed by atoms with Crippen molar-refractivity contribution in [2.24, 2.45) is 5.92 Å². The monoisotopic (exact) mass is 368 g/mol. The number of carbonyl (C=O) groups is 1. The lowest BCUT2D eigenvalue weighted by Crippen LogP contribution is -2.51. The van der Waals surface area contributed by atoms with Gasteiger partial charge in [0.05, 0.1) is 10.8 Å². The van der Waals surface area contributed by atoms with Gasteiger partial charge in [-0.1, -0.05) is 12.8 Å². The maximum Gasteiger partial charge on any atom is 0.243 e. The van der Waals surface area contributed by atoms with E-state index >= 15 is 0 Å². The third-order valence-corrected chi connectivity index (χ3v) is 7.22. The summed E-state index contributed by atoms with van der Waals surface area (Å²) in [5, 5.41) is 3.13. The average Bonchev–Trinajstić information content (AvgIpc) is 3.01. The highest BCUT2D eigenvalue weighted by Gasteiger charge is 2.36. The van der Waals surface area contributed by atoms with Crippen molar-refractivity contribution in [2.45, 2.75) is 55.9 Å². The number of sulfonamides is 1. The molecule has 1 N–H and O–H groups in total. The Kier molecular flexibility index (Phi) is 5.16. The Balaban J connectivity index is 1.70. The van der Waals surface area contributed by atoms with Crippen molar-refractivity contribution < 1.29 is 17.6 Å². The fraction of sp³-hybridized carbons (Fsp3) is 0.611. The lowest BCUT2D eigenvalue weighted by molar-refractivity contribution is -0.127. The molecule has 1 heterocycles. The van der Waals surface area contributed by atoms with Crippen LogP contribution in [0, 0.1) is 11.7 Å². The van der Waals surface area contributed by atoms with Gasteiger partial charge in [0.2, 0.25) is 15.9 Å². The van der Waals surface area contributed by atoms with Crippen LogP contribution in [0.2, 0.25) is 0 Å². The van der Waals surface area contributed by atoms with E-state index in [0.717, 1.165) is 37.8 Å². The van der Waals surface area contributed by atoms with Crippen LogP contribution >= 0.6 is 0 Å². The number of nitrogens with zero attached hydrogens (tertiary/aromatic N) is 1. The van der Waals surface area contributed by atoms with E-state index in [2.05, 4.69) is 12.2 Å². The summed E-state index contributed by atoms with van der Waals surface area (Å²) in [6.45, 7) is 2.64. The van der Waals surface area contributed by atoms with Crippen LogP contribution in [0.5, 0.6) is 0 Å². The minimum absolute atomic E-state index is 0.0524. The number of halogens is 1. The second kappa shape index (κ2) is 7.03. The predicted molar refractivity (Wildman–Crippen MR) is 92.9 cm³/mol. The molecule has 1 aromatic carbocycles. The van der Waals surface area contributed by atoms with Crippen molar-refractivity contribution in [3.05, 3.63) is 30.1 Å². The summed E-state index contributed by atoms with van der Waals surface area (Å²) in [4.78, 5) is 12.7. The summed E-state index contributed by atoms with van der Waals surface area (Å²) in [5.41, 5.74) is -0.158. The van der Waals surface area contributed by atoms with Gasteiger partial charge in [-0.05, 0) is 56.9 Å². The molecule has 3 rings (SSSR count). The average molecular weight is 368 g/mol. The third kappa shape index (κ3) is 4.03. The van der Waals surface area contributed by atoms with Gasteiger partial charge >= 0.3 is 0 Å². The lowest BCUT2D eigenvalue weighted by atomic mass is 9.95. The maximum absolute atomic E-state index is 13.1. The lowest BCUT2D eigenvalue weighted by Gasteiger charge is -2.34. The summed E-state index contributed by atoms with van der Waals surface area (Å²) < 4.78 is 39.9. The number of hydrogen-bond acceptors (Lipinski definition) is 3. The standard InChI is InChI=1S/C18H25FN2O3S/c1-18(10-2-3-11-18)20-17(22)14-5-4-12-21(13-14)25(23,24)16-8-6-15(19)7-9-16/h6-9,14H,2-5,10-13H2,1H3,(H,20,22). The topological polar surface area (TPSA) is 66.5 Å². The quantitative estimate of drug-likeness (QED) is 0.889. The fourth-order valence-electron chi connectivity index (χ4n) is 3.81. The summed E-state index contributed by atoms with van der Waals surface area (Å²) >= 11 is 0. The van der Waals surface area contributed by atoms with Gasteiger partial charge < -0.3 is 5.32 Å². The maximum atomic E-state index is 13.1. The molecule has 0 bridgehead atoms. The smallest absolute Gasteiger partial charge is 0.243 e. The Morgan fingerprint density at radius 1 is 1.20 bits per heavy atom. The van der Waals surface area contributed by atoms with Crippen LogP contribution in [0.15, 0.2) is 29.2 Å². The van der Waals surface area contributed by atoms with Crippen LogP contribution in [0.25, 0.3) is 0 Å². The molecule has 0 spiro atoms. The zero-order valence-electron chi connectivity index (χ0n) is 14.5. The molecule has 5 nitrogen and oxygen atoms in total. The Hall–Kier alpha value is -1.47. The highest BCUT2D eigenvalue weighted by Crippen LogP contribution is 2.30. The first-order chi connectivity index (χ1) is 11.8. The van der Waals surface area contributed by atoms with Crippen LogP contribution in [-0.4, -0.2) is 37.3 Å². The van der Waals surface area contributed by atoms with Gasteiger partial charge in [0, 0.05) is 18.6 Å². The van der Waals surface area contributed by atoms with Crippen molar-refractivity contribution >= 4 is 15.9 Å². The SMILES string of the molecule is CC1(NC(=O)C2CCCN(S(=O)(=O)c3ccc(F)cc3)C2)CCCC1. The van der Waals surface area contributed by atoms with Crippen molar-refractivity contribution in [1.82, 2.24) is 9.62 Å². The molecule has 1 aromatic rings. The highest BCUT2D eigenvalue weighted by molar-refractivity contribution is 7.89. The number of piperidine rings is 1. The van der Waals surface area contributed by atoms with E-state index in [1.165, 1.54) is 16.4 Å². The summed E-state index contributed by atoms with van der Waals surface area (Å²) in [6, 6.07) is 4.83. The van der Waals surface area contributed by atoms with Gasteiger partial charge in [0.15, 0.2) is 0 Å². The van der Waals surface area contributed by atoms with E-state index in [1.54, 1.807) is 0 Å². The molecule has 0 radical (unpaired) electrons. The van der Waals surface area contributed by atoms with Gasteiger partial charge in [-0.2, -0.15) is 4.31 Å². The minimum Gasteiger partial charge on any atom is -0.351 e. The van der Waals surface area contributed by atoms with Gasteiger partial charge in [-0.15, -0.1) is 0 Å². The molecule has 2 fully saturated rings. The molecule has 1 saturated heterocycles. The molecule has 7 heteroatoms. The van der Waals surface area contributed by atoms with Crippen molar-refractivity contribution in [3.63, 3.8) is 0 Å². The molecule has 1 aliphatic carbocycles. The highest BCUT2D eigenvalue weighted by atomic mass is 32.2. The van der Waals surface area contributed by atoms with Gasteiger partial charge in [-0.25, -0.2) is 12.8 Å². The summed E-state index contributed by atoms with van der Waals surface area (Å²) in [5.74, 6) is -0.857. The number of carbonyl (C=O) groups excluding carboxylic acids is 1. The largest absolute Gasteiger partial charge is 0.351 e. The Labute approximate surface area is 148 Å². The molecule has 2 aliphatic rings. The van der Waals surface area contributed by atoms with Crippen LogP contribution < -0.4 is 5.32 Å². The van der Waals surface area contributed by atoms with Crippen molar-refractivity contribution in [3.8, 4) is 0 Å². The van der Waals surface area contributed by atoms with Crippen LogP contribution in [0.1, 0.15) is 45.4 Å². The van der Waals surface area contributed by atoms with Crippen molar-refractivity contribution in [1.29, 1.82) is 0 Å². The molecule has 0 aromatic heterocycles. The molecule has 1 atom stereocenters. The minimum atomic E-state index is -3.70. The Morgan fingerprint density at radius 2 is 1.84 bits per heavy atom. The molecule has 1 aliphatic heterocycles. The summed E-state index contributed by atoms with van der Waals surface area (Å²) in [6.07, 6.45) is 5.53. The number of rotatable bonds is 4. The third-order valence-electron chi connectivity index (χ3n) is 5.34. The van der Waals surface area contributed by atoms with E-state index in [1.807, 2.05) is 0 Å². The van der Waals surface area contributed by atoms with Crippen LogP contribution in [0.4, 0.5) is 4.39 Å². The van der Waals surface area contributed by atoms with E-state index in [-0.39, 0.29) is 28.8 Å². The van der Waals surface area contributed by atoms with E-state index < -0.39 is 15.8 Å². The molecule has 25 heavy (non-hydrogen) atoms. The van der Waals surface area contributed by atoms with Gasteiger partial charge in [0.1, 0.15) is 5.82 Å². The zero-order chi connectivity index (χ0) is 18.1.